The van der Waals surface area contributed by atoms with Crippen LogP contribution < -0.4 is 9.13 Å². The van der Waals surface area contributed by atoms with E-state index in [0.717, 1.165) is 30.2 Å². The summed E-state index contributed by atoms with van der Waals surface area (Å²) in [6.45, 7) is 33.8. The van der Waals surface area contributed by atoms with Gasteiger partial charge in [0.2, 0.25) is 0 Å². The Morgan fingerprint density at radius 3 is 2.05 bits per heavy atom. The van der Waals surface area contributed by atoms with Crippen molar-refractivity contribution in [2.45, 2.75) is 121 Å². The van der Waals surface area contributed by atoms with Gasteiger partial charge < -0.3 is 0 Å². The third-order valence-corrected chi connectivity index (χ3v) is 12.3. The van der Waals surface area contributed by atoms with Crippen LogP contribution in [0.4, 0.5) is 0 Å². The molecule has 0 N–H and O–H groups in total. The lowest BCUT2D eigenvalue weighted by molar-refractivity contribution is -0.660. The average Bonchev–Trinajstić information content (AvgIpc) is 3.95. The minimum atomic E-state index is 0.287. The van der Waals surface area contributed by atoms with Crippen molar-refractivity contribution in [3.05, 3.63) is 161 Å². The molecule has 4 nitrogen and oxygen atoms in total. The van der Waals surface area contributed by atoms with Gasteiger partial charge in [0.15, 0.2) is 0 Å². The molecule has 0 unspecified atom stereocenters. The lowest BCUT2D eigenvalue weighted by atomic mass is 9.85. The minimum absolute atomic E-state index is 0.287. The zero-order chi connectivity index (χ0) is 44.3. The number of fused-ring (bicyclic) bond motifs is 3. The summed E-state index contributed by atoms with van der Waals surface area (Å²) < 4.78 is 9.69. The van der Waals surface area contributed by atoms with Crippen molar-refractivity contribution >= 4 is 5.70 Å². The molecule has 4 heteroatoms. The van der Waals surface area contributed by atoms with Gasteiger partial charge in [0, 0.05) is 16.7 Å². The molecule has 1 aliphatic rings. The van der Waals surface area contributed by atoms with Gasteiger partial charge >= 0.3 is 0 Å². The van der Waals surface area contributed by atoms with Crippen LogP contribution in [0.3, 0.4) is 0 Å². The molecule has 7 rings (SSSR count). The fourth-order valence-electron chi connectivity index (χ4n) is 9.38. The largest absolute Gasteiger partial charge is 0.299 e. The van der Waals surface area contributed by atoms with Crippen molar-refractivity contribution in [3.8, 4) is 45.3 Å². The molecular formula is C57H72N4+2. The van der Waals surface area contributed by atoms with Gasteiger partial charge in [-0.05, 0) is 120 Å². The Hall–Kier alpha value is -5.48. The topological polar surface area (TPSA) is 17.6 Å². The smallest absolute Gasteiger partial charge is 0.232 e. The van der Waals surface area contributed by atoms with Crippen LogP contribution in [-0.4, -0.2) is 9.13 Å². The monoisotopic (exact) mass is 813 g/mol. The highest BCUT2D eigenvalue weighted by molar-refractivity contribution is 5.82. The average molecular weight is 813 g/mol. The van der Waals surface area contributed by atoms with Crippen LogP contribution in [0.25, 0.3) is 51.0 Å². The molecule has 0 radical (unpaired) electrons. The molecule has 61 heavy (non-hydrogen) atoms. The summed E-state index contributed by atoms with van der Waals surface area (Å²) in [5.41, 5.74) is 19.6. The molecule has 4 aromatic carbocycles. The number of aryl methyl sites for hydroxylation is 3. The van der Waals surface area contributed by atoms with E-state index < -0.39 is 0 Å². The minimum Gasteiger partial charge on any atom is -0.232 e. The lowest BCUT2D eigenvalue weighted by Crippen LogP contribution is -2.36. The third kappa shape index (κ3) is 8.56. The maximum atomic E-state index is 4.36. The Morgan fingerprint density at radius 2 is 1.46 bits per heavy atom. The fraction of sp³-hybridized carbons (Fsp3) is 0.368. The standard InChI is InChI=1S/C54H64N4.C3H8/c1-14-39-22-24-40(25-23-39)53-56(29-30-57(53)51(42(15-2)34(4)5)43(16-3)35(6)7)49-31-38(12)21-26-45(49)54-55(13)27-28-58(54)52-46(36(8)9)33-47-44-20-18-17-19-41(44)32-48(47)50(52)37(10)11;1-3-2/h15-31,33-37H,2,14,32H2,1,3-13H3;3H2,1-2H3/q+2;/b43-16-,51-42-;. The van der Waals surface area contributed by atoms with E-state index in [4.69, 9.17) is 0 Å². The third-order valence-electron chi connectivity index (χ3n) is 12.3. The van der Waals surface area contributed by atoms with Gasteiger partial charge in [-0.1, -0.05) is 144 Å². The Kier molecular flexibility index (Phi) is 14.1. The number of imidazole rings is 2. The van der Waals surface area contributed by atoms with E-state index in [1.807, 2.05) is 0 Å². The molecule has 0 bridgehead atoms. The number of hydrogen-bond donors (Lipinski definition) is 0. The molecule has 2 aromatic heterocycles. The second kappa shape index (κ2) is 19.1. The van der Waals surface area contributed by atoms with Gasteiger partial charge in [0.25, 0.3) is 11.6 Å². The van der Waals surface area contributed by atoms with E-state index in [0.29, 0.717) is 17.8 Å². The molecule has 0 amide bonds. The molecular weight excluding hydrogens is 741 g/mol. The molecule has 0 spiro atoms. The van der Waals surface area contributed by atoms with Gasteiger partial charge in [-0.2, -0.15) is 13.7 Å². The number of rotatable bonds is 12. The second-order valence-corrected chi connectivity index (χ2v) is 18.2. The first-order valence-corrected chi connectivity index (χ1v) is 22.9. The van der Waals surface area contributed by atoms with E-state index in [1.165, 1.54) is 84.6 Å². The first kappa shape index (κ1) is 45.1. The predicted octanol–water partition coefficient (Wildman–Crippen LogP) is 14.5. The maximum absolute atomic E-state index is 4.36. The van der Waals surface area contributed by atoms with Gasteiger partial charge in [0.05, 0.1) is 12.6 Å². The van der Waals surface area contributed by atoms with Crippen molar-refractivity contribution in [3.63, 3.8) is 0 Å². The second-order valence-electron chi connectivity index (χ2n) is 18.2. The van der Waals surface area contributed by atoms with E-state index in [-0.39, 0.29) is 5.92 Å². The molecule has 2 heterocycles. The summed E-state index contributed by atoms with van der Waals surface area (Å²) in [7, 11) is 2.20. The molecule has 0 saturated carbocycles. The first-order valence-electron chi connectivity index (χ1n) is 22.9. The zero-order valence-corrected chi connectivity index (χ0v) is 39.8. The number of benzene rings is 4. The molecule has 1 aliphatic carbocycles. The summed E-state index contributed by atoms with van der Waals surface area (Å²) in [5, 5.41) is 0. The van der Waals surface area contributed by atoms with E-state index >= 15 is 0 Å². The lowest BCUT2D eigenvalue weighted by Gasteiger charge is -2.22. The Morgan fingerprint density at radius 1 is 0.770 bits per heavy atom. The zero-order valence-electron chi connectivity index (χ0n) is 39.8. The summed E-state index contributed by atoms with van der Waals surface area (Å²) in [6.07, 6.45) is 16.6. The highest BCUT2D eigenvalue weighted by Gasteiger charge is 2.36. The van der Waals surface area contributed by atoms with Gasteiger partial charge in [0.1, 0.15) is 47.4 Å². The Labute approximate surface area is 368 Å². The highest BCUT2D eigenvalue weighted by Crippen LogP contribution is 2.46. The van der Waals surface area contributed by atoms with Gasteiger partial charge in [-0.25, -0.2) is 4.57 Å². The van der Waals surface area contributed by atoms with Crippen LogP contribution in [-0.2, 0) is 19.9 Å². The van der Waals surface area contributed by atoms with Crippen molar-refractivity contribution in [1.29, 1.82) is 0 Å². The molecule has 0 atom stereocenters. The molecule has 0 fully saturated rings. The molecule has 0 saturated heterocycles. The van der Waals surface area contributed by atoms with Crippen molar-refractivity contribution in [1.82, 2.24) is 9.13 Å². The van der Waals surface area contributed by atoms with Crippen LogP contribution in [0.2, 0.25) is 0 Å². The number of hydrogen-bond acceptors (Lipinski definition) is 0. The fourth-order valence-corrected chi connectivity index (χ4v) is 9.38. The molecule has 0 aliphatic heterocycles. The number of allylic oxidation sites excluding steroid dienone is 5. The molecule has 6 aromatic rings. The van der Waals surface area contributed by atoms with Gasteiger partial charge in [-0.3, -0.25) is 0 Å². The Bertz CT molecular complexity index is 2580. The van der Waals surface area contributed by atoms with E-state index in [9.17, 15) is 0 Å². The van der Waals surface area contributed by atoms with Crippen molar-refractivity contribution < 1.29 is 9.13 Å². The van der Waals surface area contributed by atoms with E-state index in [2.05, 4.69) is 232 Å². The Balaban J connectivity index is 0.00000201. The summed E-state index contributed by atoms with van der Waals surface area (Å²) in [4.78, 5) is 0. The number of nitrogens with zero attached hydrogens (tertiary/aromatic N) is 4. The quantitative estimate of drug-likeness (QED) is 0.0864. The highest BCUT2D eigenvalue weighted by atomic mass is 15.2. The van der Waals surface area contributed by atoms with Crippen LogP contribution in [0.1, 0.15) is 135 Å². The van der Waals surface area contributed by atoms with Crippen molar-refractivity contribution in [2.75, 3.05) is 0 Å². The van der Waals surface area contributed by atoms with E-state index in [1.54, 1.807) is 0 Å². The predicted molar refractivity (Wildman–Crippen MR) is 261 cm³/mol. The maximum Gasteiger partial charge on any atom is 0.299 e. The number of aromatic nitrogens is 4. The SMILES string of the molecule is C=C/C(=C(\C(=C/C)C(C)C)n1cc[n+](-c2cc(C)ccc2-c2n(-c3c(C(C)C)cc4c(c3C(C)C)Cc3ccccc3-4)cc[n+]2C)c1-c1ccc(CC)cc1)C(C)C.CCC. The first-order chi connectivity index (χ1) is 29.2. The van der Waals surface area contributed by atoms with Crippen LogP contribution >= 0.6 is 0 Å². The van der Waals surface area contributed by atoms with Crippen LogP contribution in [0.15, 0.2) is 127 Å². The van der Waals surface area contributed by atoms with Crippen LogP contribution in [0.5, 0.6) is 0 Å². The normalized spacial score (nSPS) is 12.9. The summed E-state index contributed by atoms with van der Waals surface area (Å²) in [5.74, 6) is 3.55. The van der Waals surface area contributed by atoms with Crippen LogP contribution in [0, 0.1) is 18.8 Å². The molecule has 318 valence electrons. The van der Waals surface area contributed by atoms with Crippen molar-refractivity contribution in [2.24, 2.45) is 18.9 Å². The van der Waals surface area contributed by atoms with Gasteiger partial charge in [-0.15, -0.1) is 0 Å². The summed E-state index contributed by atoms with van der Waals surface area (Å²) >= 11 is 0. The summed E-state index contributed by atoms with van der Waals surface area (Å²) in [6, 6.07) is 27.7.